The maximum atomic E-state index is 13.9. The molecular formula is C29H27Br6N2O4+. The second kappa shape index (κ2) is 12.2. The molecule has 0 unspecified atom stereocenters. The van der Waals surface area contributed by atoms with Gasteiger partial charge in [-0.15, -0.1) is 0 Å². The Kier molecular flexibility index (Phi) is 9.84. The van der Waals surface area contributed by atoms with E-state index in [0.29, 0.717) is 42.9 Å². The molecule has 41 heavy (non-hydrogen) atoms. The zero-order valence-electron chi connectivity index (χ0n) is 23.5. The molecule has 0 saturated heterocycles. The van der Waals surface area contributed by atoms with E-state index in [9.17, 15) is 4.79 Å². The molecule has 0 aromatic heterocycles. The Hall–Kier alpha value is -0.920. The highest BCUT2D eigenvalue weighted by Gasteiger charge is 2.41. The van der Waals surface area contributed by atoms with Crippen LogP contribution in [0.2, 0.25) is 0 Å². The monoisotopic (exact) mass is 941 g/mol. The number of carbonyl (C=O) groups is 1. The summed E-state index contributed by atoms with van der Waals surface area (Å²) in [6.07, 6.45) is 3.85. The van der Waals surface area contributed by atoms with Crippen molar-refractivity contribution in [2.24, 2.45) is 5.41 Å². The predicted molar refractivity (Wildman–Crippen MR) is 186 cm³/mol. The Morgan fingerprint density at radius 1 is 0.878 bits per heavy atom. The topological polar surface area (TPSA) is 59.8 Å². The number of hydrogen-bond acceptors (Lipinski definition) is 5. The summed E-state index contributed by atoms with van der Waals surface area (Å²) >= 11 is 22.2. The summed E-state index contributed by atoms with van der Waals surface area (Å²) in [4.78, 5) is 13.9. The standard InChI is InChI=1S/C29H26Br6N2O4/c1-29(2,3)13-10-11(14-26(39-7)21(34)28(40-8)22(35)27(14)41-13)9-12-23(36-4)16(25(12)38)15-17(30)19(32)24(37(5)6)20(33)18(15)31/h9-10H,1-8H3/p+1/b11-9+. The van der Waals surface area contributed by atoms with E-state index in [1.807, 2.05) is 37.9 Å². The fourth-order valence-corrected chi connectivity index (χ4v) is 9.48. The molecule has 0 amide bonds. The van der Waals surface area contributed by atoms with E-state index in [-0.39, 0.29) is 11.2 Å². The third-order valence-corrected chi connectivity index (χ3v) is 12.3. The average Bonchev–Trinajstić information content (AvgIpc) is 2.90. The zero-order chi connectivity index (χ0) is 30.7. The summed E-state index contributed by atoms with van der Waals surface area (Å²) in [6, 6.07) is 0. The van der Waals surface area contributed by atoms with Gasteiger partial charge < -0.3 is 19.5 Å². The number of fused-ring (bicyclic) bond motifs is 1. The summed E-state index contributed by atoms with van der Waals surface area (Å²) in [5, 5.41) is 3.26. The molecule has 0 bridgehead atoms. The van der Waals surface area contributed by atoms with Crippen LogP contribution in [-0.4, -0.2) is 51.4 Å². The van der Waals surface area contributed by atoms with E-state index in [0.717, 1.165) is 46.2 Å². The molecule has 0 radical (unpaired) electrons. The number of ether oxygens (including phenoxy) is 3. The first kappa shape index (κ1) is 33.0. The van der Waals surface area contributed by atoms with Crippen LogP contribution in [0.3, 0.4) is 0 Å². The van der Waals surface area contributed by atoms with Crippen molar-refractivity contribution >= 4 is 113 Å². The van der Waals surface area contributed by atoms with Gasteiger partial charge in [-0.05, 0) is 113 Å². The van der Waals surface area contributed by atoms with Crippen LogP contribution < -0.4 is 19.5 Å². The minimum absolute atomic E-state index is 0.0935. The van der Waals surface area contributed by atoms with Crippen LogP contribution in [0, 0.1) is 5.41 Å². The van der Waals surface area contributed by atoms with Crippen LogP contribution in [0.1, 0.15) is 26.3 Å². The van der Waals surface area contributed by atoms with Gasteiger partial charge in [-0.1, -0.05) is 20.8 Å². The molecule has 0 saturated carbocycles. The Morgan fingerprint density at radius 2 is 1.44 bits per heavy atom. The lowest BCUT2D eigenvalue weighted by Crippen LogP contribution is -2.32. The number of Topliss-reactive ketones (excluding diaryl/α,β-unsaturated/α-hetero) is 1. The number of halogens is 6. The first-order valence-electron chi connectivity index (χ1n) is 12.2. The van der Waals surface area contributed by atoms with Crippen molar-refractivity contribution in [2.45, 2.75) is 20.8 Å². The molecule has 1 N–H and O–H groups in total. The van der Waals surface area contributed by atoms with Crippen LogP contribution in [-0.2, 0) is 4.79 Å². The van der Waals surface area contributed by atoms with Crippen LogP contribution in [0.4, 0.5) is 0 Å². The smallest absolute Gasteiger partial charge is 0.230 e. The third-order valence-electron chi connectivity index (χ3n) is 6.66. The molecule has 6 nitrogen and oxygen atoms in total. The number of ketones is 1. The van der Waals surface area contributed by atoms with Gasteiger partial charge in [0.1, 0.15) is 43.5 Å². The molecule has 0 fully saturated rings. The lowest BCUT2D eigenvalue weighted by molar-refractivity contribution is -0.463. The Labute approximate surface area is 290 Å². The van der Waals surface area contributed by atoms with Gasteiger partial charge in [0, 0.05) is 32.6 Å². The molecule has 1 aromatic carbocycles. The fraction of sp³-hybridized carbons (Fsp3) is 0.310. The van der Waals surface area contributed by atoms with Crippen molar-refractivity contribution in [2.75, 3.05) is 35.4 Å². The summed E-state index contributed by atoms with van der Waals surface area (Å²) in [5.41, 5.74) is 4.69. The average molecular weight is 947 g/mol. The maximum Gasteiger partial charge on any atom is 0.230 e. The lowest BCUT2D eigenvalue weighted by Gasteiger charge is -2.32. The fourth-order valence-electron chi connectivity index (χ4n) is 4.65. The van der Waals surface area contributed by atoms with Gasteiger partial charge in [-0.2, -0.15) is 0 Å². The van der Waals surface area contributed by atoms with Gasteiger partial charge >= 0.3 is 0 Å². The molecule has 218 valence electrons. The number of hydrogen-bond donors (Lipinski definition) is 1. The normalized spacial score (nSPS) is 18.5. The van der Waals surface area contributed by atoms with Gasteiger partial charge in [0.2, 0.25) is 5.71 Å². The molecule has 12 heteroatoms. The van der Waals surface area contributed by atoms with Gasteiger partial charge in [0.15, 0.2) is 17.3 Å². The second-order valence-corrected chi connectivity index (χ2v) is 15.2. The summed E-state index contributed by atoms with van der Waals surface area (Å²) in [5.74, 6) is 2.29. The minimum Gasteiger partial charge on any atom is -0.495 e. The molecular weight excluding hydrogens is 920 g/mol. The number of likely N-dealkylation sites (N-methyl/N-ethyl adjacent to an activating group) is 1. The molecule has 4 rings (SSSR count). The minimum atomic E-state index is -0.312. The Bertz CT molecular complexity index is 1600. The van der Waals surface area contributed by atoms with Crippen molar-refractivity contribution < 1.29 is 23.6 Å². The number of methoxy groups -OCH3 is 2. The molecule has 1 aliphatic heterocycles. The molecule has 1 aromatic rings. The third kappa shape index (κ3) is 5.47. The van der Waals surface area contributed by atoms with Crippen molar-refractivity contribution in [3.8, 4) is 17.2 Å². The zero-order valence-corrected chi connectivity index (χ0v) is 33.0. The van der Waals surface area contributed by atoms with Crippen LogP contribution in [0.15, 0.2) is 67.2 Å². The molecule has 0 atom stereocenters. The largest absolute Gasteiger partial charge is 0.495 e. The van der Waals surface area contributed by atoms with Crippen molar-refractivity contribution in [1.29, 1.82) is 0 Å². The van der Waals surface area contributed by atoms with Gasteiger partial charge in [-0.3, -0.25) is 4.79 Å². The SMILES string of the molecule is CNC1=C(/C=C2\C=C(C(C)(C)C)Oc3c(Br)c(OC)c(Br)c(OC)c32)C(=O)C1=C1C(Br)=C(Br)C(=[N+](C)C)C(Br)=C1Br. The number of rotatable bonds is 4. The number of allylic oxidation sites excluding steroid dienone is 11. The number of nitrogens with zero attached hydrogens (tertiary/aromatic N) is 1. The maximum absolute atomic E-state index is 13.9. The van der Waals surface area contributed by atoms with E-state index in [1.54, 1.807) is 14.2 Å². The molecule has 2 aliphatic carbocycles. The number of carbonyl (C=O) groups excluding carboxylic acids is 1. The van der Waals surface area contributed by atoms with Crippen molar-refractivity contribution in [1.82, 2.24) is 5.32 Å². The number of nitrogens with one attached hydrogen (secondary N) is 1. The van der Waals surface area contributed by atoms with Crippen LogP contribution >= 0.6 is 95.6 Å². The summed E-state index contributed by atoms with van der Waals surface area (Å²) in [7, 11) is 8.91. The van der Waals surface area contributed by atoms with E-state index in [1.165, 1.54) is 0 Å². The first-order valence-corrected chi connectivity index (χ1v) is 17.0. The van der Waals surface area contributed by atoms with E-state index < -0.39 is 0 Å². The second-order valence-electron chi connectivity index (χ2n) is 10.5. The Morgan fingerprint density at radius 3 is 1.90 bits per heavy atom. The van der Waals surface area contributed by atoms with Crippen molar-refractivity contribution in [3.63, 3.8) is 0 Å². The molecule has 3 aliphatic rings. The predicted octanol–water partition coefficient (Wildman–Crippen LogP) is 9.02. The molecule has 1 heterocycles. The highest BCUT2D eigenvalue weighted by Crippen LogP contribution is 2.56. The van der Waals surface area contributed by atoms with E-state index in [2.05, 4.69) is 122 Å². The van der Waals surface area contributed by atoms with E-state index in [4.69, 9.17) is 14.2 Å². The highest BCUT2D eigenvalue weighted by molar-refractivity contribution is 9.15. The summed E-state index contributed by atoms with van der Waals surface area (Å²) in [6.45, 7) is 6.22. The quantitative estimate of drug-likeness (QED) is 0.242. The van der Waals surface area contributed by atoms with Crippen LogP contribution in [0.25, 0.3) is 5.57 Å². The first-order chi connectivity index (χ1) is 19.1. The van der Waals surface area contributed by atoms with Gasteiger partial charge in [0.05, 0.1) is 31.1 Å². The highest BCUT2D eigenvalue weighted by atomic mass is 79.9. The van der Waals surface area contributed by atoms with Crippen molar-refractivity contribution in [3.05, 3.63) is 72.8 Å². The van der Waals surface area contributed by atoms with E-state index >= 15 is 0 Å². The van der Waals surface area contributed by atoms with Gasteiger partial charge in [-0.25, -0.2) is 4.58 Å². The lowest BCUT2D eigenvalue weighted by atomic mass is 9.79. The van der Waals surface area contributed by atoms with Crippen LogP contribution in [0.5, 0.6) is 17.2 Å². The Balaban J connectivity index is 2.04. The van der Waals surface area contributed by atoms with Gasteiger partial charge in [0.25, 0.3) is 0 Å². The molecule has 0 spiro atoms. The summed E-state index contributed by atoms with van der Waals surface area (Å²) < 4.78 is 24.4. The number of benzene rings is 1.